The molecule has 0 aromatic carbocycles. The van der Waals surface area contributed by atoms with Gasteiger partial charge in [-0.05, 0) is 19.7 Å². The number of hydrogen-bond acceptors (Lipinski definition) is 3. The molecule has 0 saturated carbocycles. The molecule has 5 heteroatoms. The molecule has 0 aliphatic carbocycles. The van der Waals surface area contributed by atoms with Gasteiger partial charge in [-0.25, -0.2) is 4.99 Å². The van der Waals surface area contributed by atoms with E-state index in [0.717, 1.165) is 0 Å². The Morgan fingerprint density at radius 2 is 2.64 bits per heavy atom. The van der Waals surface area contributed by atoms with Gasteiger partial charge in [-0.2, -0.15) is 14.8 Å². The van der Waals surface area contributed by atoms with Gasteiger partial charge < -0.3 is 0 Å². The Hall–Kier alpha value is -1.16. The highest BCUT2D eigenvalue weighted by molar-refractivity contribution is 6.45. The number of halogens is 1. The van der Waals surface area contributed by atoms with Gasteiger partial charge in [0.15, 0.2) is 0 Å². The van der Waals surface area contributed by atoms with E-state index in [4.69, 9.17) is 11.6 Å². The molecule has 1 heterocycles. The molecular formula is C6H7ClN4. The molecule has 4 nitrogen and oxygen atoms in total. The summed E-state index contributed by atoms with van der Waals surface area (Å²) >= 11 is 5.75. The molecule has 1 aromatic rings. The smallest absolute Gasteiger partial charge is 0.228 e. The molecule has 0 saturated heterocycles. The average Bonchev–Trinajstić information content (AvgIpc) is 2.50. The Kier molecular flexibility index (Phi) is 2.38. The maximum Gasteiger partial charge on any atom is 0.252 e. The summed E-state index contributed by atoms with van der Waals surface area (Å²) in [7, 11) is 0. The third-order valence-electron chi connectivity index (χ3n) is 1.11. The molecule has 0 bridgehead atoms. The standard InChI is InChI=1S/C6H7ClN4/c1-3-5(7)11-6(8-2)9-4-10-11/h3-4H,2H2,1H3. The summed E-state index contributed by atoms with van der Waals surface area (Å²) in [6.07, 6.45) is 3.07. The van der Waals surface area contributed by atoms with Crippen LogP contribution in [0.25, 0.3) is 5.16 Å². The fraction of sp³-hybridized carbons (Fsp3) is 0.167. The molecule has 1 rings (SSSR count). The second kappa shape index (κ2) is 3.30. The Morgan fingerprint density at radius 1 is 1.91 bits per heavy atom. The van der Waals surface area contributed by atoms with E-state index in [1.54, 1.807) is 13.0 Å². The van der Waals surface area contributed by atoms with Crippen molar-refractivity contribution in [1.82, 2.24) is 14.8 Å². The minimum atomic E-state index is 0.396. The van der Waals surface area contributed by atoms with Gasteiger partial charge in [0, 0.05) is 0 Å². The van der Waals surface area contributed by atoms with Gasteiger partial charge in [-0.1, -0.05) is 11.6 Å². The third-order valence-corrected chi connectivity index (χ3v) is 1.49. The molecule has 0 fully saturated rings. The predicted molar refractivity (Wildman–Crippen MR) is 45.0 cm³/mol. The largest absolute Gasteiger partial charge is 0.252 e. The second-order valence-corrected chi connectivity index (χ2v) is 2.13. The number of allylic oxidation sites excluding steroid dienone is 1. The van der Waals surface area contributed by atoms with Crippen molar-refractivity contribution >= 4 is 29.4 Å². The lowest BCUT2D eigenvalue weighted by molar-refractivity contribution is 0.921. The predicted octanol–water partition coefficient (Wildman–Crippen LogP) is 1.67. The van der Waals surface area contributed by atoms with E-state index in [1.165, 1.54) is 11.0 Å². The number of nitrogens with zero attached hydrogens (tertiary/aromatic N) is 4. The quantitative estimate of drug-likeness (QED) is 0.634. The molecule has 0 radical (unpaired) electrons. The Bertz CT molecular complexity index is 289. The monoisotopic (exact) mass is 170 g/mol. The normalized spacial score (nSPS) is 11.6. The number of aromatic nitrogens is 3. The molecule has 1 aromatic heterocycles. The van der Waals surface area contributed by atoms with Crippen molar-refractivity contribution in [1.29, 1.82) is 0 Å². The van der Waals surface area contributed by atoms with Crippen LogP contribution in [0.4, 0.5) is 5.95 Å². The van der Waals surface area contributed by atoms with Crippen molar-refractivity contribution in [3.63, 3.8) is 0 Å². The fourth-order valence-electron chi connectivity index (χ4n) is 0.616. The average molecular weight is 171 g/mol. The molecule has 0 atom stereocenters. The Morgan fingerprint density at radius 3 is 3.18 bits per heavy atom. The summed E-state index contributed by atoms with van der Waals surface area (Å²) in [4.78, 5) is 7.41. The van der Waals surface area contributed by atoms with E-state index in [9.17, 15) is 0 Å². The summed E-state index contributed by atoms with van der Waals surface area (Å²) in [6, 6.07) is 0. The lowest BCUT2D eigenvalue weighted by Crippen LogP contribution is -1.92. The number of hydrogen-bond donors (Lipinski definition) is 0. The van der Waals surface area contributed by atoms with Crippen molar-refractivity contribution in [3.8, 4) is 0 Å². The van der Waals surface area contributed by atoms with Crippen LogP contribution < -0.4 is 0 Å². The highest BCUT2D eigenvalue weighted by atomic mass is 35.5. The first-order valence-electron chi connectivity index (χ1n) is 2.98. The Labute approximate surface area is 69.2 Å². The van der Waals surface area contributed by atoms with E-state index < -0.39 is 0 Å². The van der Waals surface area contributed by atoms with Crippen LogP contribution in [0.2, 0.25) is 0 Å². The van der Waals surface area contributed by atoms with Gasteiger partial charge in [0.05, 0.1) is 0 Å². The molecule has 58 valence electrons. The van der Waals surface area contributed by atoms with Gasteiger partial charge in [0.2, 0.25) is 0 Å². The van der Waals surface area contributed by atoms with Crippen molar-refractivity contribution in [2.45, 2.75) is 6.92 Å². The molecule has 0 aliphatic rings. The second-order valence-electron chi connectivity index (χ2n) is 1.74. The van der Waals surface area contributed by atoms with E-state index >= 15 is 0 Å². The van der Waals surface area contributed by atoms with Crippen molar-refractivity contribution < 1.29 is 0 Å². The van der Waals surface area contributed by atoms with E-state index in [2.05, 4.69) is 21.8 Å². The lowest BCUT2D eigenvalue weighted by atomic mass is 10.7. The van der Waals surface area contributed by atoms with Crippen LogP contribution in [0.5, 0.6) is 0 Å². The zero-order valence-corrected chi connectivity index (χ0v) is 6.78. The summed E-state index contributed by atoms with van der Waals surface area (Å²) in [5, 5.41) is 4.29. The van der Waals surface area contributed by atoms with Crippen LogP contribution in [0, 0.1) is 0 Å². The molecule has 0 amide bonds. The molecule has 0 N–H and O–H groups in total. The summed E-state index contributed by atoms with van der Waals surface area (Å²) in [5.74, 6) is 0.396. The molecule has 0 spiro atoms. The minimum Gasteiger partial charge on any atom is -0.228 e. The zero-order chi connectivity index (χ0) is 8.27. The van der Waals surface area contributed by atoms with Gasteiger partial charge in [0.1, 0.15) is 11.5 Å². The highest BCUT2D eigenvalue weighted by Gasteiger charge is 2.02. The van der Waals surface area contributed by atoms with Crippen LogP contribution in [-0.2, 0) is 0 Å². The lowest BCUT2D eigenvalue weighted by Gasteiger charge is -1.96. The van der Waals surface area contributed by atoms with Crippen LogP contribution in [0.1, 0.15) is 6.92 Å². The van der Waals surface area contributed by atoms with Gasteiger partial charge >= 0.3 is 0 Å². The molecule has 0 aliphatic heterocycles. The highest BCUT2D eigenvalue weighted by Crippen LogP contribution is 2.14. The summed E-state index contributed by atoms with van der Waals surface area (Å²) in [5.41, 5.74) is 0. The van der Waals surface area contributed by atoms with Gasteiger partial charge in [0.25, 0.3) is 5.95 Å². The molecular weight excluding hydrogens is 164 g/mol. The maximum atomic E-state index is 5.75. The SMILES string of the molecule is C=Nc1ncnn1C(Cl)=CC. The summed E-state index contributed by atoms with van der Waals surface area (Å²) in [6.45, 7) is 5.12. The zero-order valence-electron chi connectivity index (χ0n) is 6.03. The first-order valence-corrected chi connectivity index (χ1v) is 3.36. The first-order chi connectivity index (χ1) is 5.29. The molecule has 0 unspecified atom stereocenters. The van der Waals surface area contributed by atoms with E-state index in [-0.39, 0.29) is 0 Å². The summed E-state index contributed by atoms with van der Waals surface area (Å²) < 4.78 is 1.40. The first kappa shape index (κ1) is 7.94. The van der Waals surface area contributed by atoms with Crippen molar-refractivity contribution in [3.05, 3.63) is 12.4 Å². The van der Waals surface area contributed by atoms with Crippen LogP contribution in [-0.4, -0.2) is 21.5 Å². The Balaban J connectivity index is 3.12. The molecule has 11 heavy (non-hydrogen) atoms. The van der Waals surface area contributed by atoms with Gasteiger partial charge in [-0.15, -0.1) is 0 Å². The van der Waals surface area contributed by atoms with Crippen LogP contribution in [0.3, 0.4) is 0 Å². The van der Waals surface area contributed by atoms with E-state index in [0.29, 0.717) is 11.1 Å². The van der Waals surface area contributed by atoms with Crippen molar-refractivity contribution in [2.75, 3.05) is 0 Å². The van der Waals surface area contributed by atoms with Gasteiger partial charge in [-0.3, -0.25) is 0 Å². The van der Waals surface area contributed by atoms with Crippen molar-refractivity contribution in [2.24, 2.45) is 4.99 Å². The van der Waals surface area contributed by atoms with Crippen LogP contribution in [0.15, 0.2) is 17.4 Å². The van der Waals surface area contributed by atoms with Crippen LogP contribution >= 0.6 is 11.6 Å². The minimum absolute atomic E-state index is 0.396. The number of rotatable bonds is 2. The number of aliphatic imine (C=N–C) groups is 1. The third kappa shape index (κ3) is 1.46. The van der Waals surface area contributed by atoms with E-state index in [1.807, 2.05) is 0 Å². The maximum absolute atomic E-state index is 5.75. The topological polar surface area (TPSA) is 43.1 Å². The fourth-order valence-corrected chi connectivity index (χ4v) is 0.735.